The molecule has 0 aromatic heterocycles. The van der Waals surface area contributed by atoms with Crippen LogP contribution in [-0.4, -0.2) is 38.1 Å². The minimum absolute atomic E-state index is 0.247. The molecule has 4 heteroatoms. The summed E-state index contributed by atoms with van der Waals surface area (Å²) in [6.07, 6.45) is 3.06. The van der Waals surface area contributed by atoms with Gasteiger partial charge in [-0.2, -0.15) is 0 Å². The van der Waals surface area contributed by atoms with Gasteiger partial charge in [-0.3, -0.25) is 4.79 Å². The predicted octanol–water partition coefficient (Wildman–Crippen LogP) is -0.536. The Balaban J connectivity index is 1.75. The van der Waals surface area contributed by atoms with Gasteiger partial charge in [-0.15, -0.1) is 0 Å². The van der Waals surface area contributed by atoms with E-state index in [1.807, 2.05) is 0 Å². The average molecular weight is 197 g/mol. The first-order valence-corrected chi connectivity index (χ1v) is 5.58. The molecule has 2 rings (SSSR count). The predicted molar refractivity (Wildman–Crippen MR) is 55.0 cm³/mol. The second kappa shape index (κ2) is 4.75. The molecule has 14 heavy (non-hydrogen) atoms. The zero-order chi connectivity index (χ0) is 9.80. The van der Waals surface area contributed by atoms with Crippen molar-refractivity contribution >= 4 is 5.91 Å². The van der Waals surface area contributed by atoms with Crippen molar-refractivity contribution in [2.24, 2.45) is 5.92 Å². The summed E-state index contributed by atoms with van der Waals surface area (Å²) < 4.78 is 0. The Morgan fingerprint density at radius 1 is 1.07 bits per heavy atom. The molecule has 0 saturated carbocycles. The smallest absolute Gasteiger partial charge is 0.223 e. The molecule has 0 aromatic rings. The lowest BCUT2D eigenvalue weighted by molar-refractivity contribution is -0.126. The molecule has 2 fully saturated rings. The van der Waals surface area contributed by atoms with Gasteiger partial charge in [0.25, 0.3) is 0 Å². The summed E-state index contributed by atoms with van der Waals surface area (Å²) in [7, 11) is 0. The summed E-state index contributed by atoms with van der Waals surface area (Å²) >= 11 is 0. The molecule has 1 amide bonds. The van der Waals surface area contributed by atoms with Gasteiger partial charge in [-0.1, -0.05) is 0 Å². The minimum atomic E-state index is 0.247. The van der Waals surface area contributed by atoms with Crippen molar-refractivity contribution < 1.29 is 4.79 Å². The number of hydrogen-bond donors (Lipinski definition) is 3. The summed E-state index contributed by atoms with van der Waals surface area (Å²) in [5.41, 5.74) is 0. The summed E-state index contributed by atoms with van der Waals surface area (Å²) in [6.45, 7) is 3.95. The lowest BCUT2D eigenvalue weighted by Crippen LogP contribution is -2.43. The van der Waals surface area contributed by atoms with Crippen molar-refractivity contribution in [3.8, 4) is 0 Å². The van der Waals surface area contributed by atoms with Gasteiger partial charge in [0.05, 0.1) is 0 Å². The number of carbonyl (C=O) groups excluding carboxylic acids is 1. The van der Waals surface area contributed by atoms with Gasteiger partial charge in [-0.05, 0) is 38.9 Å². The van der Waals surface area contributed by atoms with E-state index in [1.54, 1.807) is 0 Å². The number of rotatable bonds is 2. The maximum absolute atomic E-state index is 11.8. The average Bonchev–Trinajstić information content (AvgIpc) is 2.72. The van der Waals surface area contributed by atoms with Crippen LogP contribution in [-0.2, 0) is 4.79 Å². The van der Waals surface area contributed by atoms with Crippen LogP contribution >= 0.6 is 0 Å². The number of piperidine rings is 1. The number of amides is 1. The van der Waals surface area contributed by atoms with Crippen LogP contribution in [0.3, 0.4) is 0 Å². The van der Waals surface area contributed by atoms with Gasteiger partial charge in [0.1, 0.15) is 0 Å². The Hall–Kier alpha value is -0.610. The van der Waals surface area contributed by atoms with Crippen LogP contribution in [0.25, 0.3) is 0 Å². The van der Waals surface area contributed by atoms with Crippen molar-refractivity contribution in [2.75, 3.05) is 26.2 Å². The SMILES string of the molecule is O=C(N[C@@H]1CCNC1)C1CCNCC1. The lowest BCUT2D eigenvalue weighted by atomic mass is 9.97. The molecule has 2 aliphatic heterocycles. The summed E-state index contributed by atoms with van der Waals surface area (Å²) in [6, 6.07) is 0.373. The highest BCUT2D eigenvalue weighted by atomic mass is 16.1. The van der Waals surface area contributed by atoms with Gasteiger partial charge in [-0.25, -0.2) is 0 Å². The second-order valence-electron chi connectivity index (χ2n) is 4.22. The molecule has 0 radical (unpaired) electrons. The van der Waals surface area contributed by atoms with Gasteiger partial charge >= 0.3 is 0 Å². The van der Waals surface area contributed by atoms with Crippen molar-refractivity contribution in [1.82, 2.24) is 16.0 Å². The number of carbonyl (C=O) groups is 1. The zero-order valence-corrected chi connectivity index (χ0v) is 8.51. The van der Waals surface area contributed by atoms with Gasteiger partial charge in [0, 0.05) is 18.5 Å². The van der Waals surface area contributed by atoms with E-state index in [0.717, 1.165) is 45.4 Å². The normalized spacial score (nSPS) is 29.0. The van der Waals surface area contributed by atoms with Gasteiger partial charge in [0.2, 0.25) is 5.91 Å². The minimum Gasteiger partial charge on any atom is -0.352 e. The van der Waals surface area contributed by atoms with Crippen molar-refractivity contribution in [1.29, 1.82) is 0 Å². The van der Waals surface area contributed by atoms with Gasteiger partial charge in [0.15, 0.2) is 0 Å². The van der Waals surface area contributed by atoms with E-state index in [1.165, 1.54) is 0 Å². The van der Waals surface area contributed by atoms with Gasteiger partial charge < -0.3 is 16.0 Å². The largest absolute Gasteiger partial charge is 0.352 e. The molecule has 2 heterocycles. The lowest BCUT2D eigenvalue weighted by Gasteiger charge is -2.23. The standard InChI is InChI=1S/C10H19N3O/c14-10(8-1-4-11-5-2-8)13-9-3-6-12-7-9/h8-9,11-12H,1-7H2,(H,13,14)/t9-/m1/s1. The van der Waals surface area contributed by atoms with Crippen molar-refractivity contribution in [2.45, 2.75) is 25.3 Å². The zero-order valence-electron chi connectivity index (χ0n) is 8.51. The van der Waals surface area contributed by atoms with E-state index < -0.39 is 0 Å². The van der Waals surface area contributed by atoms with Crippen LogP contribution in [0, 0.1) is 5.92 Å². The molecular weight excluding hydrogens is 178 g/mol. The van der Waals surface area contributed by atoms with E-state index >= 15 is 0 Å². The molecule has 4 nitrogen and oxygen atoms in total. The quantitative estimate of drug-likeness (QED) is 0.557. The van der Waals surface area contributed by atoms with Crippen LogP contribution in [0.1, 0.15) is 19.3 Å². The third-order valence-corrected chi connectivity index (χ3v) is 3.12. The maximum Gasteiger partial charge on any atom is 0.223 e. The van der Waals surface area contributed by atoms with E-state index in [0.29, 0.717) is 6.04 Å². The summed E-state index contributed by atoms with van der Waals surface area (Å²) in [5.74, 6) is 0.511. The third kappa shape index (κ3) is 2.45. The summed E-state index contributed by atoms with van der Waals surface area (Å²) in [4.78, 5) is 11.8. The Kier molecular flexibility index (Phi) is 3.37. The molecule has 3 N–H and O–H groups in total. The van der Waals surface area contributed by atoms with E-state index in [-0.39, 0.29) is 11.8 Å². The Morgan fingerprint density at radius 2 is 1.79 bits per heavy atom. The first kappa shape index (κ1) is 9.93. The molecular formula is C10H19N3O. The fourth-order valence-electron chi connectivity index (χ4n) is 2.18. The van der Waals surface area contributed by atoms with E-state index in [4.69, 9.17) is 0 Å². The molecule has 2 saturated heterocycles. The summed E-state index contributed by atoms with van der Waals surface area (Å²) in [5, 5.41) is 9.64. The van der Waals surface area contributed by atoms with Crippen LogP contribution in [0.4, 0.5) is 0 Å². The Labute approximate surface area is 84.8 Å². The molecule has 0 aromatic carbocycles. The first-order chi connectivity index (χ1) is 6.86. The topological polar surface area (TPSA) is 53.2 Å². The molecule has 0 aliphatic carbocycles. The molecule has 1 atom stereocenters. The fourth-order valence-corrected chi connectivity index (χ4v) is 2.18. The van der Waals surface area contributed by atoms with E-state index in [9.17, 15) is 4.79 Å². The van der Waals surface area contributed by atoms with E-state index in [2.05, 4.69) is 16.0 Å². The van der Waals surface area contributed by atoms with Crippen LogP contribution in [0.5, 0.6) is 0 Å². The van der Waals surface area contributed by atoms with Crippen LogP contribution in [0.2, 0.25) is 0 Å². The fraction of sp³-hybridized carbons (Fsp3) is 0.900. The third-order valence-electron chi connectivity index (χ3n) is 3.12. The Morgan fingerprint density at radius 3 is 2.43 bits per heavy atom. The highest BCUT2D eigenvalue weighted by molar-refractivity contribution is 5.79. The van der Waals surface area contributed by atoms with Crippen LogP contribution < -0.4 is 16.0 Å². The molecule has 0 unspecified atom stereocenters. The maximum atomic E-state index is 11.8. The number of hydrogen-bond acceptors (Lipinski definition) is 3. The Bertz CT molecular complexity index is 196. The van der Waals surface area contributed by atoms with Crippen LogP contribution in [0.15, 0.2) is 0 Å². The number of nitrogens with one attached hydrogen (secondary N) is 3. The second-order valence-corrected chi connectivity index (χ2v) is 4.22. The molecule has 2 aliphatic rings. The van der Waals surface area contributed by atoms with Crippen molar-refractivity contribution in [3.63, 3.8) is 0 Å². The van der Waals surface area contributed by atoms with Crippen molar-refractivity contribution in [3.05, 3.63) is 0 Å². The molecule has 0 bridgehead atoms. The monoisotopic (exact) mass is 197 g/mol. The highest BCUT2D eigenvalue weighted by Gasteiger charge is 2.24. The molecule has 80 valence electrons. The first-order valence-electron chi connectivity index (χ1n) is 5.58. The molecule has 0 spiro atoms. The highest BCUT2D eigenvalue weighted by Crippen LogP contribution is 2.12.